The SMILES string of the molecule is CC(Oc1ccccc1F)C(=O)NNC(=O)CCc1c[nH]c2ccccc12. The van der Waals surface area contributed by atoms with Crippen LogP contribution >= 0.6 is 0 Å². The summed E-state index contributed by atoms with van der Waals surface area (Å²) in [5.74, 6) is -1.48. The number of halogens is 1. The summed E-state index contributed by atoms with van der Waals surface area (Å²) in [4.78, 5) is 27.1. The molecule has 27 heavy (non-hydrogen) atoms. The summed E-state index contributed by atoms with van der Waals surface area (Å²) < 4.78 is 18.8. The van der Waals surface area contributed by atoms with Gasteiger partial charge in [-0.15, -0.1) is 0 Å². The maximum absolute atomic E-state index is 13.5. The predicted molar refractivity (Wildman–Crippen MR) is 99.4 cm³/mol. The molecule has 7 heteroatoms. The lowest BCUT2D eigenvalue weighted by Crippen LogP contribution is -2.47. The number of aromatic amines is 1. The van der Waals surface area contributed by atoms with Crippen molar-refractivity contribution < 1.29 is 18.7 Å². The number of hydrogen-bond acceptors (Lipinski definition) is 3. The van der Waals surface area contributed by atoms with Crippen LogP contribution in [0.4, 0.5) is 4.39 Å². The predicted octanol–water partition coefficient (Wildman–Crippen LogP) is 2.85. The van der Waals surface area contributed by atoms with E-state index in [1.165, 1.54) is 25.1 Å². The third-order valence-electron chi connectivity index (χ3n) is 4.13. The van der Waals surface area contributed by atoms with Crippen molar-refractivity contribution in [1.29, 1.82) is 0 Å². The highest BCUT2D eigenvalue weighted by Crippen LogP contribution is 2.19. The van der Waals surface area contributed by atoms with Crippen LogP contribution in [0, 0.1) is 5.82 Å². The highest BCUT2D eigenvalue weighted by molar-refractivity contribution is 5.86. The number of aromatic nitrogens is 1. The Morgan fingerprint density at radius 1 is 1.11 bits per heavy atom. The Balaban J connectivity index is 1.45. The molecule has 140 valence electrons. The molecule has 0 saturated heterocycles. The summed E-state index contributed by atoms with van der Waals surface area (Å²) in [6, 6.07) is 13.6. The van der Waals surface area contributed by atoms with Crippen LogP contribution < -0.4 is 15.6 Å². The highest BCUT2D eigenvalue weighted by atomic mass is 19.1. The second-order valence-electron chi connectivity index (χ2n) is 6.09. The van der Waals surface area contributed by atoms with Crippen LogP contribution in [0.5, 0.6) is 5.75 Å². The number of rotatable bonds is 6. The van der Waals surface area contributed by atoms with Crippen LogP contribution in [0.2, 0.25) is 0 Å². The van der Waals surface area contributed by atoms with Gasteiger partial charge in [-0.25, -0.2) is 4.39 Å². The van der Waals surface area contributed by atoms with Crippen molar-refractivity contribution in [1.82, 2.24) is 15.8 Å². The molecule has 2 amide bonds. The number of hydrogen-bond donors (Lipinski definition) is 3. The zero-order valence-corrected chi connectivity index (χ0v) is 14.8. The first-order valence-electron chi connectivity index (χ1n) is 8.59. The summed E-state index contributed by atoms with van der Waals surface area (Å²) in [5.41, 5.74) is 6.69. The molecule has 0 aliphatic carbocycles. The van der Waals surface area contributed by atoms with Gasteiger partial charge in [0, 0.05) is 23.5 Å². The van der Waals surface area contributed by atoms with Gasteiger partial charge >= 0.3 is 0 Å². The Morgan fingerprint density at radius 3 is 2.67 bits per heavy atom. The molecular formula is C20H20FN3O3. The maximum Gasteiger partial charge on any atom is 0.279 e. The second kappa shape index (κ2) is 8.35. The molecule has 3 rings (SSSR count). The van der Waals surface area contributed by atoms with Gasteiger partial charge in [-0.1, -0.05) is 30.3 Å². The van der Waals surface area contributed by atoms with E-state index in [1.54, 1.807) is 6.07 Å². The normalized spacial score (nSPS) is 11.8. The molecule has 1 heterocycles. The van der Waals surface area contributed by atoms with E-state index in [2.05, 4.69) is 15.8 Å². The first-order valence-corrected chi connectivity index (χ1v) is 8.59. The average molecular weight is 369 g/mol. The van der Waals surface area contributed by atoms with Crippen molar-refractivity contribution >= 4 is 22.7 Å². The summed E-state index contributed by atoms with van der Waals surface area (Å²) in [6.07, 6.45) is 1.66. The molecule has 1 aromatic heterocycles. The van der Waals surface area contributed by atoms with Gasteiger partial charge in [-0.05, 0) is 37.1 Å². The molecule has 0 saturated carbocycles. The third-order valence-corrected chi connectivity index (χ3v) is 4.13. The van der Waals surface area contributed by atoms with Crippen LogP contribution in [0.3, 0.4) is 0 Å². The number of amides is 2. The molecule has 0 radical (unpaired) electrons. The topological polar surface area (TPSA) is 83.2 Å². The number of hydrazine groups is 1. The molecule has 0 fully saturated rings. The van der Waals surface area contributed by atoms with Crippen molar-refractivity contribution in [2.24, 2.45) is 0 Å². The molecule has 0 spiro atoms. The molecule has 3 N–H and O–H groups in total. The largest absolute Gasteiger partial charge is 0.478 e. The zero-order valence-electron chi connectivity index (χ0n) is 14.8. The smallest absolute Gasteiger partial charge is 0.279 e. The van der Waals surface area contributed by atoms with E-state index in [1.807, 2.05) is 30.5 Å². The first kappa shape index (κ1) is 18.4. The van der Waals surface area contributed by atoms with Gasteiger partial charge in [0.2, 0.25) is 5.91 Å². The van der Waals surface area contributed by atoms with Crippen molar-refractivity contribution in [3.05, 3.63) is 66.1 Å². The van der Waals surface area contributed by atoms with Crippen molar-refractivity contribution in [2.75, 3.05) is 0 Å². The fourth-order valence-electron chi connectivity index (χ4n) is 2.67. The van der Waals surface area contributed by atoms with Crippen LogP contribution in [-0.4, -0.2) is 22.9 Å². The Hall–Kier alpha value is -3.35. The molecule has 2 aromatic carbocycles. The molecule has 6 nitrogen and oxygen atoms in total. The Kier molecular flexibility index (Phi) is 5.71. The van der Waals surface area contributed by atoms with E-state index in [4.69, 9.17) is 4.74 Å². The van der Waals surface area contributed by atoms with Crippen LogP contribution in [-0.2, 0) is 16.0 Å². The number of fused-ring (bicyclic) bond motifs is 1. The number of nitrogens with one attached hydrogen (secondary N) is 3. The lowest BCUT2D eigenvalue weighted by Gasteiger charge is -2.15. The lowest BCUT2D eigenvalue weighted by molar-refractivity contribution is -0.132. The van der Waals surface area contributed by atoms with Gasteiger partial charge in [0.05, 0.1) is 0 Å². The second-order valence-corrected chi connectivity index (χ2v) is 6.09. The standard InChI is InChI=1S/C20H20FN3O3/c1-13(27-18-9-5-3-7-16(18)21)20(26)24-23-19(25)11-10-14-12-22-17-8-4-2-6-15(14)17/h2-9,12-13,22H,10-11H2,1H3,(H,23,25)(H,24,26). The molecule has 0 aliphatic rings. The van der Waals surface area contributed by atoms with Crippen molar-refractivity contribution in [2.45, 2.75) is 25.9 Å². The van der Waals surface area contributed by atoms with Gasteiger partial charge in [-0.3, -0.25) is 20.4 Å². The van der Waals surface area contributed by atoms with Crippen LogP contribution in [0.15, 0.2) is 54.7 Å². The Labute approximate surface area is 155 Å². The summed E-state index contributed by atoms with van der Waals surface area (Å²) in [7, 11) is 0. The highest BCUT2D eigenvalue weighted by Gasteiger charge is 2.17. The monoisotopic (exact) mass is 369 g/mol. The molecule has 3 aromatic rings. The minimum absolute atomic E-state index is 0.0224. The van der Waals surface area contributed by atoms with E-state index >= 15 is 0 Å². The number of H-pyrrole nitrogens is 1. The fourth-order valence-corrected chi connectivity index (χ4v) is 2.67. The summed E-state index contributed by atoms with van der Waals surface area (Å²) in [5, 5.41) is 1.07. The minimum Gasteiger partial charge on any atom is -0.478 e. The average Bonchev–Trinajstić information content (AvgIpc) is 3.09. The molecule has 1 unspecified atom stereocenters. The quantitative estimate of drug-likeness (QED) is 0.584. The number of carbonyl (C=O) groups is 2. The first-order chi connectivity index (χ1) is 13.0. The summed E-state index contributed by atoms with van der Waals surface area (Å²) >= 11 is 0. The number of para-hydroxylation sites is 2. The Morgan fingerprint density at radius 2 is 1.85 bits per heavy atom. The van der Waals surface area contributed by atoms with E-state index in [0.29, 0.717) is 6.42 Å². The lowest BCUT2D eigenvalue weighted by atomic mass is 10.1. The third kappa shape index (κ3) is 4.63. The van der Waals surface area contributed by atoms with Crippen LogP contribution in [0.25, 0.3) is 10.9 Å². The van der Waals surface area contributed by atoms with Crippen LogP contribution in [0.1, 0.15) is 18.9 Å². The van der Waals surface area contributed by atoms with Gasteiger partial charge in [-0.2, -0.15) is 0 Å². The van der Waals surface area contributed by atoms with Gasteiger partial charge in [0.15, 0.2) is 17.7 Å². The van der Waals surface area contributed by atoms with Crippen molar-refractivity contribution in [3.63, 3.8) is 0 Å². The summed E-state index contributed by atoms with van der Waals surface area (Å²) in [6.45, 7) is 1.47. The number of aryl methyl sites for hydroxylation is 1. The van der Waals surface area contributed by atoms with E-state index in [-0.39, 0.29) is 18.1 Å². The number of carbonyl (C=O) groups excluding carboxylic acids is 2. The van der Waals surface area contributed by atoms with E-state index in [0.717, 1.165) is 16.5 Å². The van der Waals surface area contributed by atoms with E-state index in [9.17, 15) is 14.0 Å². The maximum atomic E-state index is 13.5. The van der Waals surface area contributed by atoms with E-state index < -0.39 is 17.8 Å². The van der Waals surface area contributed by atoms with Gasteiger partial charge in [0.1, 0.15) is 0 Å². The molecular weight excluding hydrogens is 349 g/mol. The number of benzene rings is 2. The van der Waals surface area contributed by atoms with Gasteiger partial charge in [0.25, 0.3) is 5.91 Å². The molecule has 0 aliphatic heterocycles. The minimum atomic E-state index is -0.962. The molecule has 1 atom stereocenters. The van der Waals surface area contributed by atoms with Crippen molar-refractivity contribution in [3.8, 4) is 5.75 Å². The number of ether oxygens (including phenoxy) is 1. The zero-order chi connectivity index (χ0) is 19.2. The van der Waals surface area contributed by atoms with Gasteiger partial charge < -0.3 is 9.72 Å². The Bertz CT molecular complexity index is 954. The molecule has 0 bridgehead atoms. The fraction of sp³-hybridized carbons (Fsp3) is 0.200.